The summed E-state index contributed by atoms with van der Waals surface area (Å²) in [7, 11) is 4.16. The lowest BCUT2D eigenvalue weighted by Crippen LogP contribution is -2.32. The zero-order chi connectivity index (χ0) is 17.1. The van der Waals surface area contributed by atoms with Gasteiger partial charge in [-0.15, -0.1) is 0 Å². The van der Waals surface area contributed by atoms with E-state index in [9.17, 15) is 0 Å². The third-order valence-corrected chi connectivity index (χ3v) is 6.15. The average Bonchev–Trinajstić information content (AvgIpc) is 2.63. The quantitative estimate of drug-likeness (QED) is 0.786. The molecule has 0 fully saturated rings. The van der Waals surface area contributed by atoms with Crippen LogP contribution in [0.25, 0.3) is 11.1 Å². The minimum absolute atomic E-state index is 1.01. The first kappa shape index (κ1) is 15.1. The Labute approximate surface area is 149 Å². The molecule has 0 spiro atoms. The predicted molar refractivity (Wildman–Crippen MR) is 104 cm³/mol. The summed E-state index contributed by atoms with van der Waals surface area (Å²) in [5, 5.41) is 2.89. The molecular weight excluding hydrogens is 306 g/mol. The normalized spacial score (nSPS) is 17.4. The Morgan fingerprint density at radius 1 is 0.960 bits per heavy atom. The topological polar surface area (TPSA) is 12.5 Å². The second-order valence-electron chi connectivity index (χ2n) is 7.88. The van der Waals surface area contributed by atoms with Crippen molar-refractivity contribution in [1.29, 1.82) is 0 Å². The first-order valence-electron chi connectivity index (χ1n) is 9.51. The van der Waals surface area contributed by atoms with Crippen LogP contribution in [0.3, 0.4) is 0 Å². The second-order valence-corrected chi connectivity index (χ2v) is 7.88. The van der Waals surface area contributed by atoms with Crippen LogP contribution in [0.4, 0.5) is 5.69 Å². The summed E-state index contributed by atoms with van der Waals surface area (Å²) in [4.78, 5) is 2.14. The highest BCUT2D eigenvalue weighted by atomic mass is 16.5. The molecule has 0 amide bonds. The summed E-state index contributed by atoms with van der Waals surface area (Å²) in [6.07, 6.45) is 7.52. The lowest BCUT2D eigenvalue weighted by atomic mass is 9.81. The van der Waals surface area contributed by atoms with Crippen LogP contribution in [-0.4, -0.2) is 14.1 Å². The highest BCUT2D eigenvalue weighted by Gasteiger charge is 2.25. The van der Waals surface area contributed by atoms with E-state index >= 15 is 0 Å². The van der Waals surface area contributed by atoms with Gasteiger partial charge in [0.1, 0.15) is 11.5 Å². The largest absolute Gasteiger partial charge is 0.456 e. The van der Waals surface area contributed by atoms with E-state index in [1.165, 1.54) is 59.7 Å². The van der Waals surface area contributed by atoms with Gasteiger partial charge in [-0.05, 0) is 80.0 Å². The number of aryl methyl sites for hydroxylation is 1. The van der Waals surface area contributed by atoms with Gasteiger partial charge in [0, 0.05) is 42.2 Å². The van der Waals surface area contributed by atoms with Crippen LogP contribution < -0.4 is 20.1 Å². The van der Waals surface area contributed by atoms with Crippen LogP contribution in [0.2, 0.25) is 0 Å². The van der Waals surface area contributed by atoms with Crippen molar-refractivity contribution in [1.82, 2.24) is 0 Å². The molecular formula is C23H25NO. The van der Waals surface area contributed by atoms with E-state index in [0.29, 0.717) is 0 Å². The first-order valence-corrected chi connectivity index (χ1v) is 9.51. The number of fused-ring (bicyclic) bond motifs is 3. The van der Waals surface area contributed by atoms with E-state index < -0.39 is 0 Å². The molecule has 128 valence electrons. The lowest BCUT2D eigenvalue weighted by Gasteiger charge is -2.28. The summed E-state index contributed by atoms with van der Waals surface area (Å²) >= 11 is 0. The van der Waals surface area contributed by atoms with Gasteiger partial charge in [0.25, 0.3) is 0 Å². The molecule has 0 saturated heterocycles. The van der Waals surface area contributed by atoms with Crippen LogP contribution in [0, 0.1) is 0 Å². The van der Waals surface area contributed by atoms with Gasteiger partial charge in [0.05, 0.1) is 0 Å². The van der Waals surface area contributed by atoms with Crippen molar-refractivity contribution in [3.05, 3.63) is 51.4 Å². The molecule has 0 bridgehead atoms. The number of rotatable bonds is 1. The zero-order valence-corrected chi connectivity index (χ0v) is 15.4. The van der Waals surface area contributed by atoms with E-state index in [4.69, 9.17) is 4.74 Å². The fourth-order valence-electron chi connectivity index (χ4n) is 4.84. The summed E-state index contributed by atoms with van der Waals surface area (Å²) < 4.78 is 6.55. The van der Waals surface area contributed by atoms with Gasteiger partial charge < -0.3 is 9.64 Å². The van der Waals surface area contributed by atoms with Crippen LogP contribution in [0.5, 0.6) is 11.5 Å². The van der Waals surface area contributed by atoms with Crippen molar-refractivity contribution in [3.8, 4) is 11.5 Å². The lowest BCUT2D eigenvalue weighted by molar-refractivity contribution is 0.461. The van der Waals surface area contributed by atoms with Crippen LogP contribution in [-0.2, 0) is 12.8 Å². The number of anilines is 1. The molecule has 2 aromatic rings. The van der Waals surface area contributed by atoms with Crippen molar-refractivity contribution >= 4 is 16.8 Å². The molecule has 0 radical (unpaired) electrons. The fraction of sp³-hybridized carbons (Fsp3) is 0.391. The second kappa shape index (κ2) is 5.39. The van der Waals surface area contributed by atoms with Crippen molar-refractivity contribution in [2.75, 3.05) is 19.0 Å². The Morgan fingerprint density at radius 2 is 1.76 bits per heavy atom. The van der Waals surface area contributed by atoms with E-state index in [0.717, 1.165) is 17.9 Å². The molecule has 1 heterocycles. The SMILES string of the molecule is CC1=c2cc3c4c(c2Oc2cc(N(C)C)ccc21)CCCC=4CCC3. The van der Waals surface area contributed by atoms with Gasteiger partial charge in [0.15, 0.2) is 0 Å². The van der Waals surface area contributed by atoms with Crippen LogP contribution in [0.15, 0.2) is 24.3 Å². The zero-order valence-electron chi connectivity index (χ0n) is 15.4. The summed E-state index contributed by atoms with van der Waals surface area (Å²) in [5.74, 6) is 2.15. The molecule has 2 aromatic carbocycles. The van der Waals surface area contributed by atoms with Gasteiger partial charge in [-0.25, -0.2) is 0 Å². The third kappa shape index (κ3) is 2.16. The molecule has 0 N–H and O–H groups in total. The standard InChI is InChI=1S/C23H25NO/c1-14-18-11-10-17(24(2)3)13-21(18)25-23-19-9-5-7-15-6-4-8-16(22(15)19)12-20(14)23/h10-13H,4-9H2,1-3H3. The maximum absolute atomic E-state index is 6.55. The highest BCUT2D eigenvalue weighted by molar-refractivity contribution is 5.76. The van der Waals surface area contributed by atoms with Crippen molar-refractivity contribution in [3.63, 3.8) is 0 Å². The Balaban J connectivity index is 1.83. The molecule has 1 aliphatic heterocycles. The molecule has 0 unspecified atom stereocenters. The first-order chi connectivity index (χ1) is 12.1. The van der Waals surface area contributed by atoms with E-state index in [2.05, 4.69) is 50.2 Å². The van der Waals surface area contributed by atoms with Crippen LogP contribution >= 0.6 is 0 Å². The number of ether oxygens (including phenoxy) is 1. The monoisotopic (exact) mass is 331 g/mol. The number of benzene rings is 2. The Bertz CT molecular complexity index is 1010. The highest BCUT2D eigenvalue weighted by Crippen LogP contribution is 2.38. The summed E-state index contributed by atoms with van der Waals surface area (Å²) in [5.41, 5.74) is 8.51. The summed E-state index contributed by atoms with van der Waals surface area (Å²) in [6, 6.07) is 9.01. The third-order valence-electron chi connectivity index (χ3n) is 6.15. The van der Waals surface area contributed by atoms with Crippen LogP contribution in [0.1, 0.15) is 49.3 Å². The van der Waals surface area contributed by atoms with Gasteiger partial charge in [-0.3, -0.25) is 0 Å². The number of hydrogen-bond acceptors (Lipinski definition) is 2. The fourth-order valence-corrected chi connectivity index (χ4v) is 4.84. The molecule has 5 rings (SSSR count). The maximum Gasteiger partial charge on any atom is 0.138 e. The van der Waals surface area contributed by atoms with Gasteiger partial charge in [0.2, 0.25) is 0 Å². The van der Waals surface area contributed by atoms with Crippen molar-refractivity contribution in [2.45, 2.75) is 45.4 Å². The van der Waals surface area contributed by atoms with Crippen molar-refractivity contribution in [2.24, 2.45) is 0 Å². The molecule has 0 aromatic heterocycles. The molecule has 2 aliphatic carbocycles. The van der Waals surface area contributed by atoms with E-state index in [1.54, 1.807) is 16.4 Å². The Morgan fingerprint density at radius 3 is 2.56 bits per heavy atom. The Kier molecular flexibility index (Phi) is 3.25. The smallest absolute Gasteiger partial charge is 0.138 e. The summed E-state index contributed by atoms with van der Waals surface area (Å²) in [6.45, 7) is 2.25. The van der Waals surface area contributed by atoms with Gasteiger partial charge in [-0.1, -0.05) is 5.57 Å². The average molecular weight is 331 g/mol. The molecule has 2 heteroatoms. The molecule has 3 aliphatic rings. The number of nitrogens with zero attached hydrogens (tertiary/aromatic N) is 1. The molecule has 0 saturated carbocycles. The molecule has 2 nitrogen and oxygen atoms in total. The molecule has 25 heavy (non-hydrogen) atoms. The van der Waals surface area contributed by atoms with E-state index in [1.807, 2.05) is 0 Å². The van der Waals surface area contributed by atoms with Gasteiger partial charge >= 0.3 is 0 Å². The maximum atomic E-state index is 6.55. The minimum Gasteiger partial charge on any atom is -0.456 e. The number of hydrogen-bond donors (Lipinski definition) is 0. The predicted octanol–water partition coefficient (Wildman–Crippen LogP) is 3.90. The Hall–Kier alpha value is -2.22. The molecule has 0 atom stereocenters. The van der Waals surface area contributed by atoms with E-state index in [-0.39, 0.29) is 0 Å². The minimum atomic E-state index is 1.01. The van der Waals surface area contributed by atoms with Crippen molar-refractivity contribution < 1.29 is 4.74 Å². The van der Waals surface area contributed by atoms with Gasteiger partial charge in [-0.2, -0.15) is 0 Å².